The Bertz CT molecular complexity index is 1040. The minimum absolute atomic E-state index is 0.0353. The number of rotatable bonds is 8. The molecule has 0 radical (unpaired) electrons. The Morgan fingerprint density at radius 1 is 0.933 bits per heavy atom. The first-order chi connectivity index (χ1) is 14.5. The Kier molecular flexibility index (Phi) is 7.14. The number of nitrogens with one attached hydrogen (secondary N) is 1. The number of ether oxygens (including phenoxy) is 1. The van der Waals surface area contributed by atoms with Gasteiger partial charge < -0.3 is 10.1 Å². The predicted octanol–water partition coefficient (Wildman–Crippen LogP) is 5.50. The molecule has 1 heterocycles. The van der Waals surface area contributed by atoms with Crippen LogP contribution in [-0.2, 0) is 9.53 Å². The summed E-state index contributed by atoms with van der Waals surface area (Å²) in [6.45, 7) is 3.89. The fourth-order valence-corrected chi connectivity index (χ4v) is 4.25. The van der Waals surface area contributed by atoms with Gasteiger partial charge in [0, 0.05) is 28.8 Å². The normalized spacial score (nSPS) is 10.5. The van der Waals surface area contributed by atoms with Crippen LogP contribution in [0.25, 0.3) is 11.1 Å². The molecular weight excluding hydrogens is 398 g/mol. The van der Waals surface area contributed by atoms with E-state index in [0.717, 1.165) is 16.0 Å². The molecule has 0 atom stereocenters. The quantitative estimate of drug-likeness (QED) is 0.385. The minimum atomic E-state index is -0.476. The Morgan fingerprint density at radius 2 is 1.57 bits per heavy atom. The van der Waals surface area contributed by atoms with Crippen molar-refractivity contribution in [3.63, 3.8) is 0 Å². The van der Waals surface area contributed by atoms with Crippen LogP contribution in [-0.4, -0.2) is 24.3 Å². The lowest BCUT2D eigenvalue weighted by Crippen LogP contribution is -2.15. The summed E-state index contributed by atoms with van der Waals surface area (Å²) in [6.07, 6.45) is 0.133. The Morgan fingerprint density at radius 3 is 2.20 bits per heavy atom. The average Bonchev–Trinajstić information content (AvgIpc) is 3.09. The van der Waals surface area contributed by atoms with Crippen molar-refractivity contribution in [2.75, 3.05) is 11.9 Å². The second kappa shape index (κ2) is 9.98. The van der Waals surface area contributed by atoms with Crippen LogP contribution in [0.5, 0.6) is 0 Å². The summed E-state index contributed by atoms with van der Waals surface area (Å²) >= 11 is 1.33. The molecule has 0 aliphatic carbocycles. The van der Waals surface area contributed by atoms with Crippen molar-refractivity contribution in [3.05, 3.63) is 76.7 Å². The van der Waals surface area contributed by atoms with E-state index >= 15 is 0 Å². The number of hydrogen-bond donors (Lipinski definition) is 1. The number of hydrogen-bond acceptors (Lipinski definition) is 5. The molecule has 3 rings (SSSR count). The minimum Gasteiger partial charge on any atom is -0.462 e. The van der Waals surface area contributed by atoms with Gasteiger partial charge in [0.1, 0.15) is 10.6 Å². The third-order valence-corrected chi connectivity index (χ3v) is 5.57. The van der Waals surface area contributed by atoms with E-state index in [2.05, 4.69) is 5.32 Å². The van der Waals surface area contributed by atoms with E-state index in [-0.39, 0.29) is 31.1 Å². The Hall–Kier alpha value is -3.25. The van der Waals surface area contributed by atoms with E-state index in [4.69, 9.17) is 4.74 Å². The summed E-state index contributed by atoms with van der Waals surface area (Å²) in [5.74, 6) is -0.884. The lowest BCUT2D eigenvalue weighted by molar-refractivity contribution is -0.116. The van der Waals surface area contributed by atoms with Crippen molar-refractivity contribution >= 4 is 34.0 Å². The van der Waals surface area contributed by atoms with Crippen LogP contribution in [0.15, 0.2) is 60.7 Å². The number of carbonyl (C=O) groups is 3. The molecule has 3 aromatic rings. The monoisotopic (exact) mass is 421 g/mol. The van der Waals surface area contributed by atoms with E-state index in [9.17, 15) is 14.4 Å². The number of Topliss-reactive ketones (excluding diaryl/α,β-unsaturated/α-hetero) is 1. The molecule has 0 aliphatic rings. The van der Waals surface area contributed by atoms with Crippen molar-refractivity contribution in [3.8, 4) is 11.1 Å². The Balaban J connectivity index is 1.80. The molecule has 30 heavy (non-hydrogen) atoms. The van der Waals surface area contributed by atoms with Crippen LogP contribution in [0.2, 0.25) is 0 Å². The van der Waals surface area contributed by atoms with Crippen LogP contribution in [0.1, 0.15) is 45.4 Å². The van der Waals surface area contributed by atoms with Crippen LogP contribution in [0.4, 0.5) is 5.00 Å². The summed E-state index contributed by atoms with van der Waals surface area (Å²) in [5.41, 5.74) is 2.58. The number of benzene rings is 2. The number of ketones is 1. The molecular formula is C24H23NO4S. The zero-order chi connectivity index (χ0) is 21.5. The van der Waals surface area contributed by atoms with Crippen molar-refractivity contribution in [2.45, 2.75) is 26.7 Å². The van der Waals surface area contributed by atoms with Gasteiger partial charge in [-0.25, -0.2) is 4.79 Å². The van der Waals surface area contributed by atoms with Gasteiger partial charge >= 0.3 is 5.97 Å². The zero-order valence-corrected chi connectivity index (χ0v) is 17.8. The van der Waals surface area contributed by atoms with Gasteiger partial charge in [0.25, 0.3) is 0 Å². The highest BCUT2D eigenvalue weighted by molar-refractivity contribution is 7.17. The van der Waals surface area contributed by atoms with E-state index in [1.807, 2.05) is 43.3 Å². The highest BCUT2D eigenvalue weighted by Gasteiger charge is 2.25. The molecule has 5 nitrogen and oxygen atoms in total. The summed E-state index contributed by atoms with van der Waals surface area (Å²) in [5, 5.41) is 3.26. The lowest BCUT2D eigenvalue weighted by atomic mass is 10.0. The molecule has 1 aromatic heterocycles. The molecule has 0 saturated heterocycles. The van der Waals surface area contributed by atoms with Crippen molar-refractivity contribution in [1.82, 2.24) is 0 Å². The van der Waals surface area contributed by atoms with Gasteiger partial charge in [0.15, 0.2) is 5.78 Å². The molecule has 6 heteroatoms. The standard InChI is InChI=1S/C24H23NO4S/c1-3-29-24(28)22-21(18-12-8-5-9-13-18)16(2)30-23(22)25-20(27)15-14-19(26)17-10-6-4-7-11-17/h4-13H,3,14-15H2,1-2H3,(H,25,27). The first kappa shape index (κ1) is 21.5. The third kappa shape index (κ3) is 5.02. The molecule has 0 saturated carbocycles. The van der Waals surface area contributed by atoms with Gasteiger partial charge in [-0.15, -0.1) is 11.3 Å². The van der Waals surface area contributed by atoms with E-state index in [0.29, 0.717) is 16.1 Å². The number of esters is 1. The maximum atomic E-state index is 12.7. The Labute approximate surface area is 179 Å². The van der Waals surface area contributed by atoms with Crippen LogP contribution < -0.4 is 5.32 Å². The summed E-state index contributed by atoms with van der Waals surface area (Å²) in [7, 11) is 0. The SMILES string of the molecule is CCOC(=O)c1c(NC(=O)CCC(=O)c2ccccc2)sc(C)c1-c1ccccc1. The maximum absolute atomic E-state index is 12.7. The zero-order valence-electron chi connectivity index (χ0n) is 16.9. The number of amides is 1. The molecule has 1 amide bonds. The third-order valence-electron chi connectivity index (χ3n) is 4.55. The van der Waals surface area contributed by atoms with Crippen LogP contribution in [0.3, 0.4) is 0 Å². The van der Waals surface area contributed by atoms with Crippen LogP contribution >= 0.6 is 11.3 Å². The molecule has 154 valence electrons. The van der Waals surface area contributed by atoms with Gasteiger partial charge in [0.2, 0.25) is 5.91 Å². The molecule has 2 aromatic carbocycles. The fourth-order valence-electron chi connectivity index (χ4n) is 3.17. The van der Waals surface area contributed by atoms with Crippen molar-refractivity contribution in [2.24, 2.45) is 0 Å². The summed E-state index contributed by atoms with van der Waals surface area (Å²) in [6, 6.07) is 18.4. The van der Waals surface area contributed by atoms with Gasteiger partial charge in [-0.3, -0.25) is 9.59 Å². The molecule has 1 N–H and O–H groups in total. The highest BCUT2D eigenvalue weighted by Crippen LogP contribution is 2.40. The lowest BCUT2D eigenvalue weighted by Gasteiger charge is -2.09. The number of aryl methyl sites for hydroxylation is 1. The van der Waals surface area contributed by atoms with Crippen molar-refractivity contribution in [1.29, 1.82) is 0 Å². The second-order valence-corrected chi connectivity index (χ2v) is 7.89. The van der Waals surface area contributed by atoms with Crippen LogP contribution in [0, 0.1) is 6.92 Å². The molecule has 0 aliphatic heterocycles. The summed E-state index contributed by atoms with van der Waals surface area (Å²) < 4.78 is 5.24. The largest absolute Gasteiger partial charge is 0.462 e. The van der Waals surface area contributed by atoms with Gasteiger partial charge in [-0.05, 0) is 19.4 Å². The highest BCUT2D eigenvalue weighted by atomic mass is 32.1. The predicted molar refractivity (Wildman–Crippen MR) is 119 cm³/mol. The van der Waals surface area contributed by atoms with E-state index < -0.39 is 5.97 Å². The number of carbonyl (C=O) groups excluding carboxylic acids is 3. The second-order valence-electron chi connectivity index (χ2n) is 6.66. The van der Waals surface area contributed by atoms with Crippen molar-refractivity contribution < 1.29 is 19.1 Å². The smallest absolute Gasteiger partial charge is 0.341 e. The fraction of sp³-hybridized carbons (Fsp3) is 0.208. The first-order valence-corrected chi connectivity index (χ1v) is 10.6. The van der Waals surface area contributed by atoms with Gasteiger partial charge in [-0.2, -0.15) is 0 Å². The molecule has 0 bridgehead atoms. The number of thiophene rings is 1. The van der Waals surface area contributed by atoms with Gasteiger partial charge in [0.05, 0.1) is 6.61 Å². The number of anilines is 1. The average molecular weight is 422 g/mol. The van der Waals surface area contributed by atoms with Gasteiger partial charge in [-0.1, -0.05) is 60.7 Å². The first-order valence-electron chi connectivity index (χ1n) is 9.75. The maximum Gasteiger partial charge on any atom is 0.341 e. The van der Waals surface area contributed by atoms with E-state index in [1.54, 1.807) is 31.2 Å². The molecule has 0 fully saturated rings. The molecule has 0 unspecified atom stereocenters. The topological polar surface area (TPSA) is 72.5 Å². The van der Waals surface area contributed by atoms with E-state index in [1.165, 1.54) is 11.3 Å². The molecule has 0 spiro atoms. The summed E-state index contributed by atoms with van der Waals surface area (Å²) in [4.78, 5) is 38.4.